The zero-order chi connectivity index (χ0) is 17.2. The summed E-state index contributed by atoms with van der Waals surface area (Å²) >= 11 is 0. The van der Waals surface area contributed by atoms with E-state index in [4.69, 9.17) is 14.7 Å². The summed E-state index contributed by atoms with van der Waals surface area (Å²) in [4.78, 5) is 12.4. The highest BCUT2D eigenvalue weighted by molar-refractivity contribution is 5.66. The van der Waals surface area contributed by atoms with Crippen LogP contribution in [0.3, 0.4) is 0 Å². The molecule has 0 bridgehead atoms. The van der Waals surface area contributed by atoms with E-state index in [1.165, 1.54) is 24.1 Å². The Morgan fingerprint density at radius 2 is 1.92 bits per heavy atom. The average Bonchev–Trinajstić information content (AvgIpc) is 2.93. The van der Waals surface area contributed by atoms with Gasteiger partial charge in [-0.2, -0.15) is 0 Å². The third-order valence-electron chi connectivity index (χ3n) is 5.34. The van der Waals surface area contributed by atoms with Gasteiger partial charge in [0.15, 0.2) is 0 Å². The maximum atomic E-state index is 5.31. The van der Waals surface area contributed by atoms with Crippen LogP contribution in [0.1, 0.15) is 31.0 Å². The van der Waals surface area contributed by atoms with Gasteiger partial charge in [-0.25, -0.2) is 9.97 Å². The number of nitrogens with zero attached hydrogens (tertiary/aromatic N) is 3. The lowest BCUT2D eigenvalue weighted by Crippen LogP contribution is -2.29. The van der Waals surface area contributed by atoms with Crippen molar-refractivity contribution in [2.45, 2.75) is 38.6 Å². The predicted molar refractivity (Wildman–Crippen MR) is 100 cm³/mol. The maximum Gasteiger partial charge on any atom is 0.226 e. The molecule has 1 fully saturated rings. The summed E-state index contributed by atoms with van der Waals surface area (Å²) in [5.74, 6) is 1.77. The summed E-state index contributed by atoms with van der Waals surface area (Å²) in [7, 11) is 1.70. The Kier molecular flexibility index (Phi) is 4.57. The van der Waals surface area contributed by atoms with Crippen molar-refractivity contribution in [2.24, 2.45) is 0 Å². The first-order chi connectivity index (χ1) is 12.3. The van der Waals surface area contributed by atoms with E-state index in [2.05, 4.69) is 29.3 Å². The molecule has 5 heteroatoms. The smallest absolute Gasteiger partial charge is 0.226 e. The predicted octanol–water partition coefficient (Wildman–Crippen LogP) is 2.83. The third kappa shape index (κ3) is 3.21. The number of anilines is 1. The van der Waals surface area contributed by atoms with Crippen LogP contribution in [0.2, 0.25) is 0 Å². The molecule has 0 saturated carbocycles. The van der Waals surface area contributed by atoms with Crippen molar-refractivity contribution in [3.63, 3.8) is 0 Å². The molecule has 4 rings (SSSR count). The standard InChI is InChI=1S/C20H26N4O/c1-14-4-3-13-24(14)20-22-18-10-12-21-11-9-17(18)19(23-20)15-5-7-16(25-2)8-6-15/h5-8,14,21H,3-4,9-13H2,1-2H3. The Morgan fingerprint density at radius 3 is 2.64 bits per heavy atom. The van der Waals surface area contributed by atoms with Crippen molar-refractivity contribution < 1.29 is 4.74 Å². The van der Waals surface area contributed by atoms with E-state index in [1.807, 2.05) is 12.1 Å². The topological polar surface area (TPSA) is 50.3 Å². The minimum atomic E-state index is 0.519. The SMILES string of the molecule is COc1ccc(-c2nc(N3CCCC3C)nc3c2CCNCC3)cc1. The summed E-state index contributed by atoms with van der Waals surface area (Å²) in [6, 6.07) is 8.76. The lowest BCUT2D eigenvalue weighted by Gasteiger charge is -2.24. The van der Waals surface area contributed by atoms with E-state index in [0.29, 0.717) is 6.04 Å². The Balaban J connectivity index is 1.82. The average molecular weight is 338 g/mol. The van der Waals surface area contributed by atoms with Crippen molar-refractivity contribution in [2.75, 3.05) is 31.6 Å². The largest absolute Gasteiger partial charge is 0.497 e. The number of aromatic nitrogens is 2. The number of ether oxygens (including phenoxy) is 1. The lowest BCUT2D eigenvalue weighted by atomic mass is 10.0. The minimum Gasteiger partial charge on any atom is -0.497 e. The van der Waals surface area contributed by atoms with E-state index in [9.17, 15) is 0 Å². The van der Waals surface area contributed by atoms with Crippen LogP contribution in [-0.4, -0.2) is 42.8 Å². The quantitative estimate of drug-likeness (QED) is 0.933. The molecule has 1 aromatic heterocycles. The van der Waals surface area contributed by atoms with Gasteiger partial charge in [0.1, 0.15) is 5.75 Å². The first kappa shape index (κ1) is 16.3. The van der Waals surface area contributed by atoms with Gasteiger partial charge in [0.05, 0.1) is 18.5 Å². The highest BCUT2D eigenvalue weighted by atomic mass is 16.5. The normalized spacial score (nSPS) is 20.2. The summed E-state index contributed by atoms with van der Waals surface area (Å²) < 4.78 is 5.31. The van der Waals surface area contributed by atoms with Crippen molar-refractivity contribution in [1.82, 2.24) is 15.3 Å². The van der Waals surface area contributed by atoms with Gasteiger partial charge in [0, 0.05) is 36.7 Å². The summed E-state index contributed by atoms with van der Waals surface area (Å²) in [6.07, 6.45) is 4.39. The number of benzene rings is 1. The molecular formula is C20H26N4O. The van der Waals surface area contributed by atoms with E-state index < -0.39 is 0 Å². The van der Waals surface area contributed by atoms with E-state index in [0.717, 1.165) is 55.4 Å². The van der Waals surface area contributed by atoms with E-state index >= 15 is 0 Å². The maximum absolute atomic E-state index is 5.31. The van der Waals surface area contributed by atoms with Gasteiger partial charge in [-0.05, 0) is 57.0 Å². The van der Waals surface area contributed by atoms with Gasteiger partial charge in [-0.15, -0.1) is 0 Å². The van der Waals surface area contributed by atoms with Crippen LogP contribution in [0.4, 0.5) is 5.95 Å². The van der Waals surface area contributed by atoms with Crippen LogP contribution >= 0.6 is 0 Å². The summed E-state index contributed by atoms with van der Waals surface area (Å²) in [6.45, 7) is 5.30. The van der Waals surface area contributed by atoms with Crippen LogP contribution in [0.15, 0.2) is 24.3 Å². The zero-order valence-corrected chi connectivity index (χ0v) is 15.1. The monoisotopic (exact) mass is 338 g/mol. The molecule has 132 valence electrons. The number of nitrogens with one attached hydrogen (secondary N) is 1. The van der Waals surface area contributed by atoms with Crippen LogP contribution in [-0.2, 0) is 12.8 Å². The Labute approximate surface area is 149 Å². The van der Waals surface area contributed by atoms with Crippen molar-refractivity contribution in [3.8, 4) is 17.0 Å². The molecule has 0 spiro atoms. The minimum absolute atomic E-state index is 0.519. The first-order valence-electron chi connectivity index (χ1n) is 9.28. The molecule has 1 aromatic carbocycles. The highest BCUT2D eigenvalue weighted by Gasteiger charge is 2.26. The second kappa shape index (κ2) is 7.00. The lowest BCUT2D eigenvalue weighted by molar-refractivity contribution is 0.415. The second-order valence-corrected chi connectivity index (χ2v) is 6.96. The van der Waals surface area contributed by atoms with Crippen molar-refractivity contribution in [3.05, 3.63) is 35.5 Å². The molecule has 5 nitrogen and oxygen atoms in total. The fraction of sp³-hybridized carbons (Fsp3) is 0.500. The third-order valence-corrected chi connectivity index (χ3v) is 5.34. The molecule has 2 aliphatic rings. The van der Waals surface area contributed by atoms with Crippen molar-refractivity contribution >= 4 is 5.95 Å². The van der Waals surface area contributed by atoms with Gasteiger partial charge in [0.25, 0.3) is 0 Å². The van der Waals surface area contributed by atoms with Crippen LogP contribution in [0.5, 0.6) is 5.75 Å². The first-order valence-corrected chi connectivity index (χ1v) is 9.28. The Bertz CT molecular complexity index is 744. The molecule has 2 aliphatic heterocycles. The van der Waals surface area contributed by atoms with Gasteiger partial charge < -0.3 is 15.0 Å². The van der Waals surface area contributed by atoms with Crippen LogP contribution in [0, 0.1) is 0 Å². The van der Waals surface area contributed by atoms with Gasteiger partial charge in [-0.1, -0.05) is 0 Å². The number of hydrogen-bond acceptors (Lipinski definition) is 5. The number of methoxy groups -OCH3 is 1. The van der Waals surface area contributed by atoms with Gasteiger partial charge >= 0.3 is 0 Å². The number of rotatable bonds is 3. The van der Waals surface area contributed by atoms with Gasteiger partial charge in [-0.3, -0.25) is 0 Å². The molecular weight excluding hydrogens is 312 g/mol. The molecule has 0 radical (unpaired) electrons. The van der Waals surface area contributed by atoms with E-state index in [1.54, 1.807) is 7.11 Å². The summed E-state index contributed by atoms with van der Waals surface area (Å²) in [5, 5.41) is 3.49. The Hall–Kier alpha value is -2.14. The van der Waals surface area contributed by atoms with Gasteiger partial charge in [0.2, 0.25) is 5.95 Å². The Morgan fingerprint density at radius 1 is 1.12 bits per heavy atom. The highest BCUT2D eigenvalue weighted by Crippen LogP contribution is 2.31. The molecule has 3 heterocycles. The second-order valence-electron chi connectivity index (χ2n) is 6.96. The molecule has 2 aromatic rings. The van der Waals surface area contributed by atoms with Crippen LogP contribution < -0.4 is 15.0 Å². The fourth-order valence-electron chi connectivity index (χ4n) is 3.88. The van der Waals surface area contributed by atoms with E-state index in [-0.39, 0.29) is 0 Å². The zero-order valence-electron chi connectivity index (χ0n) is 15.1. The molecule has 1 unspecified atom stereocenters. The summed E-state index contributed by atoms with van der Waals surface area (Å²) in [5.41, 5.74) is 4.74. The molecule has 1 N–H and O–H groups in total. The molecule has 0 amide bonds. The molecule has 25 heavy (non-hydrogen) atoms. The van der Waals surface area contributed by atoms with Crippen LogP contribution in [0.25, 0.3) is 11.3 Å². The number of fused-ring (bicyclic) bond motifs is 1. The molecule has 0 aliphatic carbocycles. The van der Waals surface area contributed by atoms with Crippen molar-refractivity contribution in [1.29, 1.82) is 0 Å². The number of hydrogen-bond donors (Lipinski definition) is 1. The molecule has 1 atom stereocenters. The fourth-order valence-corrected chi connectivity index (χ4v) is 3.88. The molecule has 1 saturated heterocycles.